The molecule has 4 bridgehead atoms. The van der Waals surface area contributed by atoms with Gasteiger partial charge in [-0.2, -0.15) is 0 Å². The number of carbonyl (C=O) groups is 1. The van der Waals surface area contributed by atoms with Crippen LogP contribution in [-0.4, -0.2) is 22.2 Å². The minimum absolute atomic E-state index is 0.112. The number of amides is 1. The summed E-state index contributed by atoms with van der Waals surface area (Å²) < 4.78 is 5.57. The van der Waals surface area contributed by atoms with Gasteiger partial charge in [0, 0.05) is 16.9 Å². The standard InChI is InChI=1S/C22H26N2O2S/c25-20(24-22-9-15-6-16(10-22)8-17(7-15)11-22)14-27-13-19-12-26-21(23-19)18-4-2-1-3-5-18/h1-5,12,15-17H,6-11,13-14H2,(H,24,25). The molecule has 0 spiro atoms. The van der Waals surface area contributed by atoms with Crippen LogP contribution in [0.15, 0.2) is 41.0 Å². The Bertz CT molecular complexity index is 781. The third-order valence-corrected chi connectivity index (χ3v) is 7.46. The molecule has 0 aliphatic heterocycles. The summed E-state index contributed by atoms with van der Waals surface area (Å²) >= 11 is 1.62. The molecule has 142 valence electrons. The van der Waals surface area contributed by atoms with Crippen LogP contribution >= 0.6 is 11.8 Å². The van der Waals surface area contributed by atoms with Crippen LogP contribution in [0.5, 0.6) is 0 Å². The zero-order chi connectivity index (χ0) is 18.3. The van der Waals surface area contributed by atoms with E-state index in [1.165, 1.54) is 38.5 Å². The van der Waals surface area contributed by atoms with Crippen LogP contribution in [-0.2, 0) is 10.5 Å². The number of aromatic nitrogens is 1. The summed E-state index contributed by atoms with van der Waals surface area (Å²) in [4.78, 5) is 17.1. The van der Waals surface area contributed by atoms with E-state index in [1.54, 1.807) is 18.0 Å². The molecule has 1 aromatic carbocycles. The van der Waals surface area contributed by atoms with Gasteiger partial charge in [-0.1, -0.05) is 18.2 Å². The molecule has 4 saturated carbocycles. The van der Waals surface area contributed by atoms with Gasteiger partial charge >= 0.3 is 0 Å². The minimum atomic E-state index is 0.112. The summed E-state index contributed by atoms with van der Waals surface area (Å²) in [6, 6.07) is 9.90. The van der Waals surface area contributed by atoms with Crippen LogP contribution in [0.25, 0.3) is 11.5 Å². The van der Waals surface area contributed by atoms with Gasteiger partial charge in [0.1, 0.15) is 6.26 Å². The third-order valence-electron chi connectivity index (χ3n) is 6.50. The van der Waals surface area contributed by atoms with Gasteiger partial charge in [0.25, 0.3) is 0 Å². The van der Waals surface area contributed by atoms with Gasteiger partial charge in [-0.3, -0.25) is 4.79 Å². The number of oxazole rings is 1. The van der Waals surface area contributed by atoms with Crippen molar-refractivity contribution in [2.45, 2.75) is 49.8 Å². The fourth-order valence-electron chi connectivity index (χ4n) is 5.93. The highest BCUT2D eigenvalue weighted by Crippen LogP contribution is 2.55. The second kappa shape index (κ2) is 7.01. The van der Waals surface area contributed by atoms with Gasteiger partial charge < -0.3 is 9.73 Å². The Labute approximate surface area is 164 Å². The molecule has 1 heterocycles. The average molecular weight is 383 g/mol. The number of rotatable bonds is 6. The van der Waals surface area contributed by atoms with E-state index in [1.807, 2.05) is 30.3 Å². The predicted octanol–water partition coefficient (Wildman–Crippen LogP) is 4.66. The van der Waals surface area contributed by atoms with Crippen molar-refractivity contribution in [3.05, 3.63) is 42.3 Å². The second-order valence-corrected chi connectivity index (χ2v) is 9.73. The normalized spacial score (nSPS) is 31.2. The lowest BCUT2D eigenvalue weighted by Crippen LogP contribution is -2.60. The second-order valence-electron chi connectivity index (χ2n) is 8.75. The van der Waals surface area contributed by atoms with Gasteiger partial charge in [-0.05, 0) is 68.4 Å². The van der Waals surface area contributed by atoms with E-state index in [0.29, 0.717) is 17.4 Å². The Morgan fingerprint density at radius 2 is 1.78 bits per heavy atom. The first kappa shape index (κ1) is 17.4. The zero-order valence-electron chi connectivity index (χ0n) is 15.5. The first-order valence-electron chi connectivity index (χ1n) is 10.1. The summed E-state index contributed by atoms with van der Waals surface area (Å²) in [7, 11) is 0. The van der Waals surface area contributed by atoms with Crippen LogP contribution < -0.4 is 5.32 Å². The number of nitrogens with one attached hydrogen (secondary N) is 1. The fourth-order valence-corrected chi connectivity index (χ4v) is 6.63. The Morgan fingerprint density at radius 3 is 2.44 bits per heavy atom. The summed E-state index contributed by atoms with van der Waals surface area (Å²) in [6.07, 6.45) is 9.53. The zero-order valence-corrected chi connectivity index (χ0v) is 16.3. The predicted molar refractivity (Wildman–Crippen MR) is 107 cm³/mol. The minimum Gasteiger partial charge on any atom is -0.444 e. The quantitative estimate of drug-likeness (QED) is 0.789. The van der Waals surface area contributed by atoms with Crippen molar-refractivity contribution in [3.63, 3.8) is 0 Å². The van der Waals surface area contributed by atoms with E-state index < -0.39 is 0 Å². The molecule has 1 aromatic heterocycles. The summed E-state index contributed by atoms with van der Waals surface area (Å²) in [5.74, 6) is 4.60. The molecule has 0 unspecified atom stereocenters. The van der Waals surface area contributed by atoms with E-state index >= 15 is 0 Å². The SMILES string of the molecule is O=C(CSCc1coc(-c2ccccc2)n1)NC12CC3CC(CC(C3)C1)C2. The monoisotopic (exact) mass is 382 g/mol. The smallest absolute Gasteiger partial charge is 0.230 e. The molecule has 0 atom stereocenters. The number of thioether (sulfide) groups is 1. The van der Waals surface area contributed by atoms with Gasteiger partial charge in [0.15, 0.2) is 0 Å². The van der Waals surface area contributed by atoms with Crippen molar-refractivity contribution in [1.29, 1.82) is 0 Å². The van der Waals surface area contributed by atoms with Crippen molar-refractivity contribution in [2.75, 3.05) is 5.75 Å². The average Bonchev–Trinajstić information content (AvgIpc) is 3.10. The number of hydrogen-bond acceptors (Lipinski definition) is 4. The molecule has 1 N–H and O–H groups in total. The molecule has 6 rings (SSSR count). The van der Waals surface area contributed by atoms with Crippen molar-refractivity contribution in [2.24, 2.45) is 17.8 Å². The first-order valence-corrected chi connectivity index (χ1v) is 11.2. The fraction of sp³-hybridized carbons (Fsp3) is 0.545. The highest BCUT2D eigenvalue weighted by molar-refractivity contribution is 7.99. The van der Waals surface area contributed by atoms with Gasteiger partial charge in [0.2, 0.25) is 11.8 Å². The topological polar surface area (TPSA) is 55.1 Å². The first-order chi connectivity index (χ1) is 13.2. The summed E-state index contributed by atoms with van der Waals surface area (Å²) in [5, 5.41) is 3.44. The Morgan fingerprint density at radius 1 is 1.11 bits per heavy atom. The van der Waals surface area contributed by atoms with E-state index in [9.17, 15) is 4.79 Å². The molecule has 2 aromatic rings. The molecule has 27 heavy (non-hydrogen) atoms. The third kappa shape index (κ3) is 3.66. The molecular formula is C22H26N2O2S. The van der Waals surface area contributed by atoms with Crippen molar-refractivity contribution >= 4 is 17.7 Å². The number of carbonyl (C=O) groups excluding carboxylic acids is 1. The maximum absolute atomic E-state index is 12.6. The molecule has 1 amide bonds. The van der Waals surface area contributed by atoms with E-state index in [4.69, 9.17) is 4.42 Å². The number of hydrogen-bond donors (Lipinski definition) is 1. The molecule has 4 aliphatic carbocycles. The van der Waals surface area contributed by atoms with Crippen molar-refractivity contribution in [3.8, 4) is 11.5 Å². The van der Waals surface area contributed by atoms with Gasteiger partial charge in [-0.15, -0.1) is 11.8 Å². The highest BCUT2D eigenvalue weighted by Gasteiger charge is 2.51. The lowest BCUT2D eigenvalue weighted by atomic mass is 9.53. The van der Waals surface area contributed by atoms with Gasteiger partial charge in [-0.25, -0.2) is 4.98 Å². The van der Waals surface area contributed by atoms with Crippen molar-refractivity contribution < 1.29 is 9.21 Å². The molecule has 5 heteroatoms. The van der Waals surface area contributed by atoms with Crippen LogP contribution in [0.4, 0.5) is 0 Å². The lowest BCUT2D eigenvalue weighted by molar-refractivity contribution is -0.124. The van der Waals surface area contributed by atoms with E-state index in [2.05, 4.69) is 10.3 Å². The number of nitrogens with zero attached hydrogens (tertiary/aromatic N) is 1. The van der Waals surface area contributed by atoms with Crippen LogP contribution in [0.1, 0.15) is 44.2 Å². The van der Waals surface area contributed by atoms with E-state index in [0.717, 1.165) is 29.0 Å². The van der Waals surface area contributed by atoms with Crippen LogP contribution in [0.2, 0.25) is 0 Å². The summed E-state index contributed by atoms with van der Waals surface area (Å²) in [6.45, 7) is 0. The Kier molecular flexibility index (Phi) is 4.50. The molecule has 4 nitrogen and oxygen atoms in total. The highest BCUT2D eigenvalue weighted by atomic mass is 32.2. The van der Waals surface area contributed by atoms with E-state index in [-0.39, 0.29) is 11.4 Å². The maximum Gasteiger partial charge on any atom is 0.230 e. The van der Waals surface area contributed by atoms with Gasteiger partial charge in [0.05, 0.1) is 11.4 Å². The molecular weight excluding hydrogens is 356 g/mol. The summed E-state index contributed by atoms with van der Waals surface area (Å²) in [5.41, 5.74) is 1.98. The lowest BCUT2D eigenvalue weighted by Gasteiger charge is -2.56. The maximum atomic E-state index is 12.6. The molecule has 4 fully saturated rings. The molecule has 4 aliphatic rings. The van der Waals surface area contributed by atoms with Crippen LogP contribution in [0.3, 0.4) is 0 Å². The molecule has 0 saturated heterocycles. The largest absolute Gasteiger partial charge is 0.444 e. The number of benzene rings is 1. The Hall–Kier alpha value is -1.75. The van der Waals surface area contributed by atoms with Crippen LogP contribution in [0, 0.1) is 17.8 Å². The van der Waals surface area contributed by atoms with Crippen molar-refractivity contribution in [1.82, 2.24) is 10.3 Å². The Balaban J connectivity index is 1.13. The molecule has 0 radical (unpaired) electrons.